The number of hydrogen-bond acceptors (Lipinski definition) is 2. The van der Waals surface area contributed by atoms with Gasteiger partial charge in [0.05, 0.1) is 0 Å². The van der Waals surface area contributed by atoms with Crippen LogP contribution in [0.4, 0.5) is 0 Å². The lowest BCUT2D eigenvalue weighted by Gasteiger charge is -2.27. The molecule has 1 amide bonds. The molecule has 1 fully saturated rings. The van der Waals surface area contributed by atoms with Gasteiger partial charge in [0.1, 0.15) is 6.04 Å². The molecule has 0 radical (unpaired) electrons. The average molecular weight is 296 g/mol. The zero-order chi connectivity index (χ0) is 14.7. The SMILES string of the molecule is Cc1c(Cl)cccc1C(=O)N1CCCCCC1C(=O)O. The molecule has 1 saturated heterocycles. The molecule has 1 atom stereocenters. The van der Waals surface area contributed by atoms with Crippen LogP contribution in [0.2, 0.25) is 5.02 Å². The van der Waals surface area contributed by atoms with Gasteiger partial charge in [-0.1, -0.05) is 30.5 Å². The monoisotopic (exact) mass is 295 g/mol. The molecule has 0 saturated carbocycles. The molecule has 4 nitrogen and oxygen atoms in total. The number of halogens is 1. The largest absolute Gasteiger partial charge is 0.480 e. The average Bonchev–Trinajstić information content (AvgIpc) is 2.66. The molecule has 1 aliphatic rings. The van der Waals surface area contributed by atoms with Gasteiger partial charge in [-0.05, 0) is 37.5 Å². The van der Waals surface area contributed by atoms with E-state index in [0.717, 1.165) is 19.3 Å². The van der Waals surface area contributed by atoms with Crippen molar-refractivity contribution in [1.82, 2.24) is 4.90 Å². The maximum Gasteiger partial charge on any atom is 0.326 e. The third-order valence-electron chi connectivity index (χ3n) is 3.80. The smallest absolute Gasteiger partial charge is 0.326 e. The van der Waals surface area contributed by atoms with Crippen molar-refractivity contribution in [2.45, 2.75) is 38.6 Å². The summed E-state index contributed by atoms with van der Waals surface area (Å²) >= 11 is 6.04. The predicted octanol–water partition coefficient (Wildman–Crippen LogP) is 3.12. The van der Waals surface area contributed by atoms with Gasteiger partial charge < -0.3 is 10.0 Å². The second kappa shape index (κ2) is 6.27. The number of nitrogens with zero attached hydrogens (tertiary/aromatic N) is 1. The summed E-state index contributed by atoms with van der Waals surface area (Å²) in [4.78, 5) is 25.5. The number of hydrogen-bond donors (Lipinski definition) is 1. The number of rotatable bonds is 2. The molecule has 1 aliphatic heterocycles. The molecule has 20 heavy (non-hydrogen) atoms. The number of carboxylic acids is 1. The van der Waals surface area contributed by atoms with Crippen LogP contribution >= 0.6 is 11.6 Å². The van der Waals surface area contributed by atoms with E-state index < -0.39 is 12.0 Å². The Hall–Kier alpha value is -1.55. The van der Waals surface area contributed by atoms with Crippen molar-refractivity contribution in [2.24, 2.45) is 0 Å². The van der Waals surface area contributed by atoms with E-state index in [1.54, 1.807) is 25.1 Å². The summed E-state index contributed by atoms with van der Waals surface area (Å²) in [7, 11) is 0. The molecule has 0 aliphatic carbocycles. The van der Waals surface area contributed by atoms with Crippen LogP contribution < -0.4 is 0 Å². The van der Waals surface area contributed by atoms with Gasteiger partial charge in [0.15, 0.2) is 0 Å². The number of carboxylic acid groups (broad SMARTS) is 1. The van der Waals surface area contributed by atoms with Gasteiger partial charge in [0.2, 0.25) is 0 Å². The number of benzene rings is 1. The van der Waals surface area contributed by atoms with Crippen LogP contribution in [-0.4, -0.2) is 34.5 Å². The number of carbonyl (C=O) groups is 2. The summed E-state index contributed by atoms with van der Waals surface area (Å²) in [6, 6.07) is 4.41. The van der Waals surface area contributed by atoms with Crippen LogP contribution in [0.15, 0.2) is 18.2 Å². The summed E-state index contributed by atoms with van der Waals surface area (Å²) in [6.07, 6.45) is 3.16. The highest BCUT2D eigenvalue weighted by Crippen LogP contribution is 2.24. The van der Waals surface area contributed by atoms with Gasteiger partial charge >= 0.3 is 5.97 Å². The quantitative estimate of drug-likeness (QED) is 0.912. The second-order valence-electron chi connectivity index (χ2n) is 5.11. The minimum atomic E-state index is -0.931. The number of aliphatic carboxylic acids is 1. The fourth-order valence-electron chi connectivity index (χ4n) is 2.60. The lowest BCUT2D eigenvalue weighted by atomic mass is 10.1. The van der Waals surface area contributed by atoms with Crippen molar-refractivity contribution in [3.05, 3.63) is 34.3 Å². The first kappa shape index (κ1) is 14.9. The second-order valence-corrected chi connectivity index (χ2v) is 5.52. The first-order valence-corrected chi connectivity index (χ1v) is 7.19. The number of likely N-dealkylation sites (tertiary alicyclic amines) is 1. The highest BCUT2D eigenvalue weighted by Gasteiger charge is 2.31. The zero-order valence-electron chi connectivity index (χ0n) is 11.4. The Morgan fingerprint density at radius 3 is 2.75 bits per heavy atom. The Bertz CT molecular complexity index is 530. The molecule has 1 aromatic rings. The molecule has 108 valence electrons. The Labute approximate surface area is 123 Å². The molecule has 0 spiro atoms. The molecule has 0 bridgehead atoms. The van der Waals surface area contributed by atoms with Crippen molar-refractivity contribution >= 4 is 23.5 Å². The van der Waals surface area contributed by atoms with Gasteiger partial charge in [-0.3, -0.25) is 4.79 Å². The van der Waals surface area contributed by atoms with E-state index in [2.05, 4.69) is 0 Å². The standard InChI is InChI=1S/C15H18ClNO3/c1-10-11(6-5-7-12(10)16)14(18)17-9-4-2-3-8-13(17)15(19)20/h5-7,13H,2-4,8-9H2,1H3,(H,19,20). The number of carbonyl (C=O) groups excluding carboxylic acids is 1. The molecule has 1 aromatic carbocycles. The van der Waals surface area contributed by atoms with Crippen molar-refractivity contribution < 1.29 is 14.7 Å². The maximum atomic E-state index is 12.6. The summed E-state index contributed by atoms with van der Waals surface area (Å²) < 4.78 is 0. The van der Waals surface area contributed by atoms with Crippen molar-refractivity contribution in [2.75, 3.05) is 6.54 Å². The highest BCUT2D eigenvalue weighted by molar-refractivity contribution is 6.31. The predicted molar refractivity (Wildman–Crippen MR) is 77.1 cm³/mol. The zero-order valence-corrected chi connectivity index (χ0v) is 12.2. The van der Waals surface area contributed by atoms with Crippen LogP contribution in [0, 0.1) is 6.92 Å². The van der Waals surface area contributed by atoms with Crippen LogP contribution in [0.25, 0.3) is 0 Å². The molecule has 2 rings (SSSR count). The Morgan fingerprint density at radius 2 is 2.05 bits per heavy atom. The minimum absolute atomic E-state index is 0.237. The maximum absolute atomic E-state index is 12.6. The summed E-state index contributed by atoms with van der Waals surface area (Å²) in [5, 5.41) is 9.86. The van der Waals surface area contributed by atoms with Gasteiger partial charge in [-0.25, -0.2) is 4.79 Å². The van der Waals surface area contributed by atoms with E-state index in [0.29, 0.717) is 29.1 Å². The third kappa shape index (κ3) is 2.96. The lowest BCUT2D eigenvalue weighted by Crippen LogP contribution is -2.44. The van der Waals surface area contributed by atoms with E-state index in [-0.39, 0.29) is 5.91 Å². The van der Waals surface area contributed by atoms with Crippen molar-refractivity contribution in [3.8, 4) is 0 Å². The molecule has 1 heterocycles. The van der Waals surface area contributed by atoms with E-state index in [1.807, 2.05) is 0 Å². The number of amides is 1. The molecule has 1 N–H and O–H groups in total. The molecule has 1 unspecified atom stereocenters. The fraction of sp³-hybridized carbons (Fsp3) is 0.467. The molecular weight excluding hydrogens is 278 g/mol. The lowest BCUT2D eigenvalue weighted by molar-refractivity contribution is -0.142. The van der Waals surface area contributed by atoms with Gasteiger partial charge in [-0.15, -0.1) is 0 Å². The molecular formula is C15H18ClNO3. The van der Waals surface area contributed by atoms with Gasteiger partial charge in [-0.2, -0.15) is 0 Å². The van der Waals surface area contributed by atoms with Crippen LogP contribution in [0.5, 0.6) is 0 Å². The van der Waals surface area contributed by atoms with Gasteiger partial charge in [0.25, 0.3) is 5.91 Å². The van der Waals surface area contributed by atoms with Crippen LogP contribution in [-0.2, 0) is 4.79 Å². The topological polar surface area (TPSA) is 57.6 Å². The summed E-state index contributed by atoms with van der Waals surface area (Å²) in [6.45, 7) is 2.27. The van der Waals surface area contributed by atoms with Crippen molar-refractivity contribution in [1.29, 1.82) is 0 Å². The Kier molecular flexibility index (Phi) is 4.65. The minimum Gasteiger partial charge on any atom is -0.480 e. The molecule has 0 aromatic heterocycles. The first-order valence-electron chi connectivity index (χ1n) is 6.81. The van der Waals surface area contributed by atoms with Crippen LogP contribution in [0.3, 0.4) is 0 Å². The Balaban J connectivity index is 2.33. The van der Waals surface area contributed by atoms with Crippen molar-refractivity contribution in [3.63, 3.8) is 0 Å². The molecule has 5 heteroatoms. The third-order valence-corrected chi connectivity index (χ3v) is 4.21. The highest BCUT2D eigenvalue weighted by atomic mass is 35.5. The van der Waals surface area contributed by atoms with E-state index in [4.69, 9.17) is 11.6 Å². The normalized spacial score (nSPS) is 19.5. The summed E-state index contributed by atoms with van der Waals surface area (Å²) in [5.41, 5.74) is 1.19. The van der Waals surface area contributed by atoms with E-state index in [1.165, 1.54) is 4.90 Å². The van der Waals surface area contributed by atoms with Gasteiger partial charge in [0, 0.05) is 17.1 Å². The van der Waals surface area contributed by atoms with E-state index in [9.17, 15) is 14.7 Å². The van der Waals surface area contributed by atoms with E-state index >= 15 is 0 Å². The van der Waals surface area contributed by atoms with Crippen LogP contribution in [0.1, 0.15) is 41.6 Å². The fourth-order valence-corrected chi connectivity index (χ4v) is 2.78. The first-order chi connectivity index (χ1) is 9.52. The summed E-state index contributed by atoms with van der Waals surface area (Å²) in [5.74, 6) is -1.17. The Morgan fingerprint density at radius 1 is 1.30 bits per heavy atom.